The first kappa shape index (κ1) is 35.8. The highest BCUT2D eigenvalue weighted by atomic mass is 35.5. The number of ketones is 1. The fourth-order valence-corrected chi connectivity index (χ4v) is 5.57. The number of nitrogens with zero attached hydrogens (tertiary/aromatic N) is 4. The van der Waals surface area contributed by atoms with E-state index in [-0.39, 0.29) is 24.3 Å². The van der Waals surface area contributed by atoms with Crippen molar-refractivity contribution in [1.29, 1.82) is 5.26 Å². The minimum Gasteiger partial charge on any atom is -0.363 e. The molecule has 1 aromatic carbocycles. The van der Waals surface area contributed by atoms with Gasteiger partial charge in [0.15, 0.2) is 6.19 Å². The van der Waals surface area contributed by atoms with Crippen molar-refractivity contribution in [2.24, 2.45) is 22.1 Å². The van der Waals surface area contributed by atoms with E-state index < -0.39 is 46.7 Å². The van der Waals surface area contributed by atoms with E-state index in [4.69, 9.17) is 17.3 Å². The highest BCUT2D eigenvalue weighted by Crippen LogP contribution is 2.31. The van der Waals surface area contributed by atoms with Crippen molar-refractivity contribution in [2.75, 3.05) is 19.6 Å². The second-order valence-electron chi connectivity index (χ2n) is 14.1. The third-order valence-electron chi connectivity index (χ3n) is 8.05. The number of nitriles is 1. The molecule has 45 heavy (non-hydrogen) atoms. The molecule has 0 spiro atoms. The van der Waals surface area contributed by atoms with Gasteiger partial charge in [0.25, 0.3) is 5.91 Å². The Bertz CT molecular complexity index is 1310. The van der Waals surface area contributed by atoms with Gasteiger partial charge in [-0.05, 0) is 56.2 Å². The van der Waals surface area contributed by atoms with Gasteiger partial charge in [0.2, 0.25) is 23.6 Å². The first-order valence-electron chi connectivity index (χ1n) is 15.4. The number of aliphatic imine (C=N–C) groups is 1. The largest absolute Gasteiger partial charge is 0.363 e. The molecule has 1 unspecified atom stereocenters. The van der Waals surface area contributed by atoms with Crippen molar-refractivity contribution in [3.05, 3.63) is 34.9 Å². The van der Waals surface area contributed by atoms with Gasteiger partial charge in [-0.15, -0.1) is 0 Å². The van der Waals surface area contributed by atoms with Crippen molar-refractivity contribution in [3.63, 3.8) is 0 Å². The van der Waals surface area contributed by atoms with Crippen LogP contribution in [-0.2, 0) is 25.7 Å². The van der Waals surface area contributed by atoms with E-state index in [1.165, 1.54) is 0 Å². The van der Waals surface area contributed by atoms with Crippen LogP contribution in [0.4, 0.5) is 0 Å². The molecule has 2 aliphatic rings. The first-order valence-corrected chi connectivity index (χ1v) is 15.8. The van der Waals surface area contributed by atoms with Crippen molar-refractivity contribution in [1.82, 2.24) is 25.8 Å². The molecule has 3 rings (SSSR count). The van der Waals surface area contributed by atoms with E-state index in [9.17, 15) is 24.4 Å². The summed E-state index contributed by atoms with van der Waals surface area (Å²) in [5.74, 6) is -2.26. The number of hydrogen-bond donors (Lipinski definition) is 4. The van der Waals surface area contributed by atoms with E-state index >= 15 is 0 Å². The van der Waals surface area contributed by atoms with Crippen LogP contribution in [-0.4, -0.2) is 82.6 Å². The topological polar surface area (TPSA) is 173 Å². The van der Waals surface area contributed by atoms with Crippen LogP contribution in [0.2, 0.25) is 5.02 Å². The number of amides is 3. The maximum Gasteiger partial charge on any atom is 0.287 e. The molecule has 2 fully saturated rings. The van der Waals surface area contributed by atoms with Crippen LogP contribution in [0.15, 0.2) is 29.3 Å². The summed E-state index contributed by atoms with van der Waals surface area (Å²) in [6, 6.07) is 4.57. The Kier molecular flexibility index (Phi) is 12.0. The SMILES string of the molecule is CC(C)(C)NC(=N[C@H](C(=O)N1CCN(Cc2ccc(Cl)cc2)[C@@H](C(=O)NC(CC2CCC2)C(=O)C(N)=O)C1)C(C)(C)C)NC#N. The number of carbonyl (C=O) groups is 4. The number of rotatable bonds is 10. The van der Waals surface area contributed by atoms with Gasteiger partial charge in [0, 0.05) is 36.7 Å². The normalized spacial score (nSPS) is 19.5. The van der Waals surface area contributed by atoms with Crippen LogP contribution in [0.1, 0.15) is 72.8 Å². The molecule has 1 saturated heterocycles. The lowest BCUT2D eigenvalue weighted by Crippen LogP contribution is -2.63. The molecule has 12 nitrogen and oxygen atoms in total. The molecule has 0 bridgehead atoms. The monoisotopic (exact) mass is 642 g/mol. The minimum absolute atomic E-state index is 0.0367. The Balaban J connectivity index is 1.92. The van der Waals surface area contributed by atoms with Gasteiger partial charge in [-0.25, -0.2) is 4.99 Å². The maximum atomic E-state index is 14.1. The fourth-order valence-electron chi connectivity index (χ4n) is 5.44. The average molecular weight is 643 g/mol. The molecule has 0 aromatic heterocycles. The summed E-state index contributed by atoms with van der Waals surface area (Å²) in [4.78, 5) is 60.9. The van der Waals surface area contributed by atoms with Crippen LogP contribution >= 0.6 is 11.6 Å². The Morgan fingerprint density at radius 2 is 1.73 bits per heavy atom. The molecular weight excluding hydrogens is 596 g/mol. The van der Waals surface area contributed by atoms with E-state index in [0.717, 1.165) is 24.8 Å². The number of piperazine rings is 1. The summed E-state index contributed by atoms with van der Waals surface area (Å²) in [6.07, 6.45) is 5.11. The number of nitrogens with two attached hydrogens (primary N) is 1. The number of halogens is 1. The third kappa shape index (κ3) is 10.4. The minimum atomic E-state index is -1.09. The maximum absolute atomic E-state index is 14.1. The summed E-state index contributed by atoms with van der Waals surface area (Å²) >= 11 is 6.09. The van der Waals surface area contributed by atoms with E-state index in [1.54, 1.807) is 17.0 Å². The Morgan fingerprint density at radius 3 is 2.24 bits per heavy atom. The van der Waals surface area contributed by atoms with Gasteiger partial charge in [-0.2, -0.15) is 5.26 Å². The van der Waals surface area contributed by atoms with Crippen LogP contribution in [0.5, 0.6) is 0 Å². The lowest BCUT2D eigenvalue weighted by molar-refractivity contribution is -0.143. The number of carbonyl (C=O) groups excluding carboxylic acids is 4. The van der Waals surface area contributed by atoms with Gasteiger partial charge < -0.3 is 21.3 Å². The molecule has 3 amide bonds. The molecule has 5 N–H and O–H groups in total. The van der Waals surface area contributed by atoms with Crippen molar-refractivity contribution < 1.29 is 19.2 Å². The summed E-state index contributed by atoms with van der Waals surface area (Å²) in [5, 5.41) is 18.4. The van der Waals surface area contributed by atoms with Crippen molar-refractivity contribution in [3.8, 4) is 6.19 Å². The third-order valence-corrected chi connectivity index (χ3v) is 8.31. The molecule has 3 atom stereocenters. The molecule has 0 radical (unpaired) electrons. The standard InChI is InChI=1S/C32H47ClN8O4/c1-31(2,3)26(38-30(36-19-34)39-32(4,5)6)29(45)41-15-14-40(17-21-10-12-22(33)13-11-21)24(18-41)28(44)37-23(25(42)27(35)43)16-20-8-7-9-20/h10-13,20,23-24,26H,7-9,14-18H2,1-6H3,(H2,35,43)(H,37,44)(H2,36,38,39)/t23?,24-,26-/m1/s1. The van der Waals surface area contributed by atoms with Crippen molar-refractivity contribution in [2.45, 2.75) is 97.4 Å². The lowest BCUT2D eigenvalue weighted by atomic mass is 9.80. The van der Waals surface area contributed by atoms with Gasteiger partial charge >= 0.3 is 0 Å². The highest BCUT2D eigenvalue weighted by Gasteiger charge is 2.41. The molecule has 1 heterocycles. The van der Waals surface area contributed by atoms with Gasteiger partial charge in [-0.3, -0.25) is 29.4 Å². The van der Waals surface area contributed by atoms with E-state index in [1.807, 2.05) is 64.8 Å². The molecular formula is C32H47ClN8O4. The molecule has 13 heteroatoms. The predicted molar refractivity (Wildman–Crippen MR) is 173 cm³/mol. The molecule has 1 aliphatic carbocycles. The number of primary amides is 1. The first-order chi connectivity index (χ1) is 21.0. The van der Waals surface area contributed by atoms with Gasteiger partial charge in [-0.1, -0.05) is 63.8 Å². The predicted octanol–water partition coefficient (Wildman–Crippen LogP) is 2.31. The Hall–Kier alpha value is -3.69. The summed E-state index contributed by atoms with van der Waals surface area (Å²) in [6.45, 7) is 12.6. The smallest absolute Gasteiger partial charge is 0.287 e. The highest BCUT2D eigenvalue weighted by molar-refractivity contribution is 6.37. The number of Topliss-reactive ketones (excluding diaryl/α,β-unsaturated/α-hetero) is 1. The summed E-state index contributed by atoms with van der Waals surface area (Å²) in [5.41, 5.74) is 5.22. The van der Waals surface area contributed by atoms with Crippen LogP contribution in [0.25, 0.3) is 0 Å². The zero-order valence-electron chi connectivity index (χ0n) is 27.2. The molecule has 246 valence electrons. The molecule has 1 saturated carbocycles. The van der Waals surface area contributed by atoms with E-state index in [2.05, 4.69) is 20.9 Å². The number of nitrogens with one attached hydrogen (secondary N) is 3. The van der Waals surface area contributed by atoms with Crippen molar-refractivity contribution >= 4 is 41.1 Å². The molecule has 1 aliphatic heterocycles. The quantitative estimate of drug-likeness (QED) is 0.0989. The fraction of sp³-hybridized carbons (Fsp3) is 0.625. The number of hydrogen-bond acceptors (Lipinski definition) is 7. The summed E-state index contributed by atoms with van der Waals surface area (Å²) < 4.78 is 0. The summed E-state index contributed by atoms with van der Waals surface area (Å²) in [7, 11) is 0. The van der Waals surface area contributed by atoms with Crippen LogP contribution in [0.3, 0.4) is 0 Å². The lowest BCUT2D eigenvalue weighted by Gasteiger charge is -2.43. The Labute approximate surface area is 271 Å². The van der Waals surface area contributed by atoms with Crippen LogP contribution in [0, 0.1) is 22.8 Å². The second-order valence-corrected chi connectivity index (χ2v) is 14.5. The number of guanidine groups is 1. The van der Waals surface area contributed by atoms with E-state index in [0.29, 0.717) is 31.1 Å². The van der Waals surface area contributed by atoms with Gasteiger partial charge in [0.05, 0.1) is 6.04 Å². The zero-order valence-corrected chi connectivity index (χ0v) is 27.9. The number of benzene rings is 1. The second kappa shape index (κ2) is 15.1. The Morgan fingerprint density at radius 1 is 1.09 bits per heavy atom. The molecule has 1 aromatic rings. The van der Waals surface area contributed by atoms with Crippen LogP contribution < -0.4 is 21.7 Å². The zero-order chi connectivity index (χ0) is 33.5. The average Bonchev–Trinajstić information content (AvgIpc) is 2.92. The van der Waals surface area contributed by atoms with Gasteiger partial charge in [0.1, 0.15) is 12.1 Å².